The van der Waals surface area contributed by atoms with Crippen LogP contribution < -0.4 is 10.1 Å². The van der Waals surface area contributed by atoms with Gasteiger partial charge in [-0.05, 0) is 55.2 Å². The number of halogens is 1. The van der Waals surface area contributed by atoms with Gasteiger partial charge in [0.25, 0.3) is 5.91 Å². The van der Waals surface area contributed by atoms with E-state index in [1.54, 1.807) is 24.5 Å². The van der Waals surface area contributed by atoms with Crippen LogP contribution >= 0.6 is 0 Å². The number of ether oxygens (including phenoxy) is 1. The van der Waals surface area contributed by atoms with Crippen molar-refractivity contribution in [2.75, 3.05) is 7.11 Å². The molecule has 1 saturated carbocycles. The van der Waals surface area contributed by atoms with E-state index >= 15 is 0 Å². The van der Waals surface area contributed by atoms with Crippen molar-refractivity contribution in [3.8, 4) is 5.75 Å². The third kappa shape index (κ3) is 3.33. The average molecular weight is 383 g/mol. The quantitative estimate of drug-likeness (QED) is 0.710. The molecule has 2 aromatic carbocycles. The standard InChI is InChI=1S/C21H22FN3O3/c1-25-11-23-17-9-12(3-5-18(17)25)21(27)24-20(13-7-15(26)8-13)16-10-14(22)4-6-19(16)28-2/h3-6,9-11,13,15,20,26H,7-8H2,1-2H3,(H,24,27)/t13?,15?,20-/m0/s1. The van der Waals surface area contributed by atoms with Crippen molar-refractivity contribution in [3.05, 3.63) is 59.7 Å². The predicted octanol–water partition coefficient (Wildman–Crippen LogP) is 2.96. The second kappa shape index (κ2) is 7.24. The molecule has 1 aliphatic carbocycles. The lowest BCUT2D eigenvalue weighted by molar-refractivity contribution is 0.0231. The summed E-state index contributed by atoms with van der Waals surface area (Å²) in [6.07, 6.45) is 2.39. The maximum Gasteiger partial charge on any atom is 0.251 e. The number of methoxy groups -OCH3 is 1. The fraction of sp³-hybridized carbons (Fsp3) is 0.333. The maximum absolute atomic E-state index is 13.9. The van der Waals surface area contributed by atoms with Gasteiger partial charge in [0.1, 0.15) is 11.6 Å². The molecule has 28 heavy (non-hydrogen) atoms. The van der Waals surface area contributed by atoms with Crippen molar-refractivity contribution < 1.29 is 19.0 Å². The Morgan fingerprint density at radius 3 is 2.82 bits per heavy atom. The highest BCUT2D eigenvalue weighted by molar-refractivity contribution is 5.97. The van der Waals surface area contributed by atoms with E-state index in [9.17, 15) is 14.3 Å². The fourth-order valence-electron chi connectivity index (χ4n) is 3.80. The Bertz CT molecular complexity index is 1030. The Morgan fingerprint density at radius 2 is 2.11 bits per heavy atom. The third-order valence-corrected chi connectivity index (χ3v) is 5.42. The molecule has 2 N–H and O–H groups in total. The van der Waals surface area contributed by atoms with E-state index in [1.807, 2.05) is 17.7 Å². The van der Waals surface area contributed by atoms with Crippen LogP contribution in [-0.4, -0.2) is 33.8 Å². The van der Waals surface area contributed by atoms with E-state index in [0.29, 0.717) is 29.7 Å². The number of hydrogen-bond donors (Lipinski definition) is 2. The maximum atomic E-state index is 13.9. The van der Waals surface area contributed by atoms with E-state index in [4.69, 9.17) is 4.74 Å². The zero-order chi connectivity index (χ0) is 19.8. The molecule has 1 amide bonds. The zero-order valence-corrected chi connectivity index (χ0v) is 15.7. The minimum atomic E-state index is -0.457. The Hall–Kier alpha value is -2.93. The number of aliphatic hydroxyl groups is 1. The van der Waals surface area contributed by atoms with E-state index in [2.05, 4.69) is 10.3 Å². The van der Waals surface area contributed by atoms with Crippen molar-refractivity contribution in [1.29, 1.82) is 0 Å². The number of imidazole rings is 1. The molecule has 0 aliphatic heterocycles. The molecule has 1 aromatic heterocycles. The number of rotatable bonds is 5. The highest BCUT2D eigenvalue weighted by Crippen LogP contribution is 2.41. The number of amides is 1. The molecule has 1 heterocycles. The van der Waals surface area contributed by atoms with Gasteiger partial charge in [-0.25, -0.2) is 9.37 Å². The van der Waals surface area contributed by atoms with Crippen LogP contribution in [0.4, 0.5) is 4.39 Å². The predicted molar refractivity (Wildman–Crippen MR) is 103 cm³/mol. The lowest BCUT2D eigenvalue weighted by atomic mass is 9.74. The number of nitrogens with one attached hydrogen (secondary N) is 1. The van der Waals surface area contributed by atoms with Gasteiger partial charge in [0.15, 0.2) is 0 Å². The summed E-state index contributed by atoms with van der Waals surface area (Å²) >= 11 is 0. The Morgan fingerprint density at radius 1 is 1.32 bits per heavy atom. The molecular weight excluding hydrogens is 361 g/mol. The zero-order valence-electron chi connectivity index (χ0n) is 15.7. The van der Waals surface area contributed by atoms with E-state index in [1.165, 1.54) is 19.2 Å². The van der Waals surface area contributed by atoms with Gasteiger partial charge in [0.05, 0.1) is 36.6 Å². The molecule has 146 valence electrons. The number of aryl methyl sites for hydroxylation is 1. The van der Waals surface area contributed by atoms with E-state index < -0.39 is 18.0 Å². The summed E-state index contributed by atoms with van der Waals surface area (Å²) in [5.74, 6) is -0.156. The van der Waals surface area contributed by atoms with Crippen LogP contribution in [-0.2, 0) is 7.05 Å². The molecule has 0 spiro atoms. The first kappa shape index (κ1) is 18.4. The molecule has 1 aliphatic rings. The van der Waals surface area contributed by atoms with Crippen LogP contribution in [0.15, 0.2) is 42.7 Å². The number of aromatic nitrogens is 2. The largest absolute Gasteiger partial charge is 0.496 e. The van der Waals surface area contributed by atoms with Gasteiger partial charge in [-0.2, -0.15) is 0 Å². The van der Waals surface area contributed by atoms with Crippen molar-refractivity contribution >= 4 is 16.9 Å². The molecule has 3 aromatic rings. The smallest absolute Gasteiger partial charge is 0.251 e. The van der Waals surface area contributed by atoms with Crippen LogP contribution in [0.2, 0.25) is 0 Å². The van der Waals surface area contributed by atoms with Crippen LogP contribution in [0.5, 0.6) is 5.75 Å². The van der Waals surface area contributed by atoms with Gasteiger partial charge in [-0.3, -0.25) is 4.79 Å². The van der Waals surface area contributed by atoms with Crippen LogP contribution in [0.25, 0.3) is 11.0 Å². The number of aliphatic hydroxyl groups excluding tert-OH is 1. The first-order valence-corrected chi connectivity index (χ1v) is 9.19. The Kier molecular flexibility index (Phi) is 4.77. The summed E-state index contributed by atoms with van der Waals surface area (Å²) in [5.41, 5.74) is 2.72. The third-order valence-electron chi connectivity index (χ3n) is 5.42. The molecule has 0 radical (unpaired) electrons. The lowest BCUT2D eigenvalue weighted by Gasteiger charge is -2.38. The van der Waals surface area contributed by atoms with Crippen LogP contribution in [0, 0.1) is 11.7 Å². The molecule has 0 saturated heterocycles. The van der Waals surface area contributed by atoms with Gasteiger partial charge in [-0.1, -0.05) is 0 Å². The van der Waals surface area contributed by atoms with Crippen LogP contribution in [0.1, 0.15) is 34.8 Å². The SMILES string of the molecule is COc1ccc(F)cc1[C@@H](NC(=O)c1ccc2c(c1)ncn2C)C1CC(O)C1. The second-order valence-corrected chi connectivity index (χ2v) is 7.28. The normalized spacial score (nSPS) is 19.9. The fourth-order valence-corrected chi connectivity index (χ4v) is 3.80. The van der Waals surface area contributed by atoms with Crippen molar-refractivity contribution in [2.45, 2.75) is 25.0 Å². The van der Waals surface area contributed by atoms with E-state index in [-0.39, 0.29) is 11.8 Å². The summed E-state index contributed by atoms with van der Waals surface area (Å²) in [5, 5.41) is 12.8. The monoisotopic (exact) mass is 383 g/mol. The number of benzene rings is 2. The van der Waals surface area contributed by atoms with Gasteiger partial charge in [0, 0.05) is 18.2 Å². The Labute approximate surface area is 162 Å². The first-order valence-electron chi connectivity index (χ1n) is 9.19. The minimum absolute atomic E-state index is 0.00762. The average Bonchev–Trinajstić information content (AvgIpc) is 3.04. The van der Waals surface area contributed by atoms with Gasteiger partial charge < -0.3 is 19.7 Å². The molecular formula is C21H22FN3O3. The van der Waals surface area contributed by atoms with Crippen LogP contribution in [0.3, 0.4) is 0 Å². The van der Waals surface area contributed by atoms with E-state index in [0.717, 1.165) is 11.0 Å². The number of hydrogen-bond acceptors (Lipinski definition) is 4. The second-order valence-electron chi connectivity index (χ2n) is 7.28. The highest BCUT2D eigenvalue weighted by atomic mass is 19.1. The summed E-state index contributed by atoms with van der Waals surface area (Å²) in [6, 6.07) is 9.14. The molecule has 4 rings (SSSR count). The molecule has 0 bridgehead atoms. The van der Waals surface area contributed by atoms with Crippen molar-refractivity contribution in [1.82, 2.24) is 14.9 Å². The number of carbonyl (C=O) groups excluding carboxylic acids is 1. The summed E-state index contributed by atoms with van der Waals surface area (Å²) in [6.45, 7) is 0. The summed E-state index contributed by atoms with van der Waals surface area (Å²) < 4.78 is 21.2. The number of carbonyl (C=O) groups is 1. The molecule has 0 unspecified atom stereocenters. The number of fused-ring (bicyclic) bond motifs is 1. The van der Waals surface area contributed by atoms with Gasteiger partial charge in [-0.15, -0.1) is 0 Å². The molecule has 1 atom stereocenters. The van der Waals surface area contributed by atoms with Gasteiger partial charge in [0.2, 0.25) is 0 Å². The van der Waals surface area contributed by atoms with Crippen molar-refractivity contribution in [3.63, 3.8) is 0 Å². The Balaban J connectivity index is 1.65. The van der Waals surface area contributed by atoms with Gasteiger partial charge >= 0.3 is 0 Å². The molecule has 6 nitrogen and oxygen atoms in total. The number of nitrogens with zero attached hydrogens (tertiary/aromatic N) is 2. The highest BCUT2D eigenvalue weighted by Gasteiger charge is 2.37. The minimum Gasteiger partial charge on any atom is -0.496 e. The lowest BCUT2D eigenvalue weighted by Crippen LogP contribution is -2.41. The first-order chi connectivity index (χ1) is 13.5. The van der Waals surface area contributed by atoms with Crippen molar-refractivity contribution in [2.24, 2.45) is 13.0 Å². The molecule has 1 fully saturated rings. The summed E-state index contributed by atoms with van der Waals surface area (Å²) in [7, 11) is 3.41. The summed E-state index contributed by atoms with van der Waals surface area (Å²) in [4.78, 5) is 17.2. The molecule has 7 heteroatoms. The topological polar surface area (TPSA) is 76.4 Å².